The van der Waals surface area contributed by atoms with Gasteiger partial charge in [-0.25, -0.2) is 0 Å². The standard InChI is InChI=1S/C16H13NO2/c1-10-8-13(18)12-9-17(2)15(14(12)16(10)19)11-6-4-3-5-7-11/h3-9H,1-2H3. The maximum absolute atomic E-state index is 12.3. The number of aryl methyl sites for hydroxylation is 1. The quantitative estimate of drug-likeness (QED) is 0.781. The first-order valence-corrected chi connectivity index (χ1v) is 6.11. The van der Waals surface area contributed by atoms with E-state index in [1.807, 2.05) is 41.9 Å². The van der Waals surface area contributed by atoms with E-state index in [1.54, 1.807) is 13.1 Å². The van der Waals surface area contributed by atoms with E-state index >= 15 is 0 Å². The minimum absolute atomic E-state index is 0.0611. The molecule has 0 saturated heterocycles. The Hall–Kier alpha value is -2.42. The van der Waals surface area contributed by atoms with Crippen molar-refractivity contribution in [2.24, 2.45) is 7.05 Å². The molecule has 1 aliphatic rings. The van der Waals surface area contributed by atoms with Gasteiger partial charge in [-0.15, -0.1) is 0 Å². The van der Waals surface area contributed by atoms with Crippen LogP contribution in [-0.2, 0) is 7.05 Å². The lowest BCUT2D eigenvalue weighted by molar-refractivity contribution is 0.0986. The van der Waals surface area contributed by atoms with Crippen LogP contribution in [0.2, 0.25) is 0 Å². The fourth-order valence-corrected chi connectivity index (χ4v) is 2.52. The summed E-state index contributed by atoms with van der Waals surface area (Å²) < 4.78 is 1.85. The number of fused-ring (bicyclic) bond motifs is 1. The van der Waals surface area contributed by atoms with Gasteiger partial charge in [-0.1, -0.05) is 30.3 Å². The van der Waals surface area contributed by atoms with Gasteiger partial charge in [0.1, 0.15) is 0 Å². The van der Waals surface area contributed by atoms with Gasteiger partial charge in [0, 0.05) is 18.8 Å². The molecule has 0 unspecified atom stereocenters. The Bertz CT molecular complexity index is 721. The third kappa shape index (κ3) is 1.66. The Morgan fingerprint density at radius 3 is 2.42 bits per heavy atom. The molecular formula is C16H13NO2. The molecular weight excluding hydrogens is 238 g/mol. The largest absolute Gasteiger partial charge is 0.349 e. The molecule has 1 aromatic heterocycles. The second kappa shape index (κ2) is 4.05. The lowest BCUT2D eigenvalue weighted by atomic mass is 9.90. The van der Waals surface area contributed by atoms with Gasteiger partial charge in [-0.2, -0.15) is 0 Å². The van der Waals surface area contributed by atoms with Gasteiger partial charge in [0.2, 0.25) is 0 Å². The van der Waals surface area contributed by atoms with Crippen molar-refractivity contribution in [1.29, 1.82) is 0 Å². The van der Waals surface area contributed by atoms with Crippen LogP contribution in [0.1, 0.15) is 27.6 Å². The molecule has 2 aromatic rings. The molecule has 0 saturated carbocycles. The van der Waals surface area contributed by atoms with Crippen molar-refractivity contribution in [3.8, 4) is 11.3 Å². The number of carbonyl (C=O) groups excluding carboxylic acids is 2. The fourth-order valence-electron chi connectivity index (χ4n) is 2.52. The van der Waals surface area contributed by atoms with Gasteiger partial charge < -0.3 is 4.57 Å². The van der Waals surface area contributed by atoms with Crippen LogP contribution >= 0.6 is 0 Å². The van der Waals surface area contributed by atoms with Gasteiger partial charge in [0.05, 0.1) is 16.8 Å². The molecule has 0 N–H and O–H groups in total. The average Bonchev–Trinajstić information content (AvgIpc) is 2.75. The number of aromatic nitrogens is 1. The highest BCUT2D eigenvalue weighted by atomic mass is 16.1. The van der Waals surface area contributed by atoms with E-state index < -0.39 is 0 Å². The maximum atomic E-state index is 12.3. The van der Waals surface area contributed by atoms with E-state index in [0.717, 1.165) is 11.3 Å². The van der Waals surface area contributed by atoms with Crippen molar-refractivity contribution in [2.45, 2.75) is 6.92 Å². The van der Waals surface area contributed by atoms with Crippen LogP contribution in [0.4, 0.5) is 0 Å². The summed E-state index contributed by atoms with van der Waals surface area (Å²) in [4.78, 5) is 24.3. The summed E-state index contributed by atoms with van der Waals surface area (Å²) in [5.41, 5.74) is 3.28. The number of benzene rings is 1. The molecule has 3 rings (SSSR count). The highest BCUT2D eigenvalue weighted by Crippen LogP contribution is 2.32. The predicted octanol–water partition coefficient (Wildman–Crippen LogP) is 3.02. The molecule has 19 heavy (non-hydrogen) atoms. The van der Waals surface area contributed by atoms with E-state index in [0.29, 0.717) is 16.7 Å². The van der Waals surface area contributed by atoms with Crippen molar-refractivity contribution in [3.63, 3.8) is 0 Å². The number of hydrogen-bond acceptors (Lipinski definition) is 2. The van der Waals surface area contributed by atoms with Gasteiger partial charge >= 0.3 is 0 Å². The summed E-state index contributed by atoms with van der Waals surface area (Å²) in [6, 6.07) is 9.66. The Morgan fingerprint density at radius 1 is 1.05 bits per heavy atom. The first-order chi connectivity index (χ1) is 9.09. The zero-order valence-electron chi connectivity index (χ0n) is 10.8. The molecule has 0 amide bonds. The van der Waals surface area contributed by atoms with Crippen molar-refractivity contribution < 1.29 is 9.59 Å². The number of allylic oxidation sites excluding steroid dienone is 2. The minimum Gasteiger partial charge on any atom is -0.349 e. The van der Waals surface area contributed by atoms with Gasteiger partial charge in [-0.3, -0.25) is 9.59 Å². The molecule has 0 fully saturated rings. The average molecular weight is 251 g/mol. The van der Waals surface area contributed by atoms with E-state index in [4.69, 9.17) is 0 Å². The van der Waals surface area contributed by atoms with Gasteiger partial charge in [-0.05, 0) is 18.6 Å². The first-order valence-electron chi connectivity index (χ1n) is 6.11. The zero-order valence-corrected chi connectivity index (χ0v) is 10.8. The highest BCUT2D eigenvalue weighted by Gasteiger charge is 2.29. The fraction of sp³-hybridized carbons (Fsp3) is 0.125. The molecule has 1 aliphatic carbocycles. The number of rotatable bonds is 1. The monoisotopic (exact) mass is 251 g/mol. The number of nitrogens with zero attached hydrogens (tertiary/aromatic N) is 1. The van der Waals surface area contributed by atoms with E-state index in [9.17, 15) is 9.59 Å². The summed E-state index contributed by atoms with van der Waals surface area (Å²) in [5.74, 6) is -0.154. The molecule has 0 spiro atoms. The molecule has 1 heterocycles. The predicted molar refractivity (Wildman–Crippen MR) is 73.3 cm³/mol. The van der Waals surface area contributed by atoms with Crippen molar-refractivity contribution in [2.75, 3.05) is 0 Å². The Kier molecular flexibility index (Phi) is 2.49. The van der Waals surface area contributed by atoms with Gasteiger partial charge in [0.15, 0.2) is 11.6 Å². The highest BCUT2D eigenvalue weighted by molar-refractivity contribution is 6.26. The van der Waals surface area contributed by atoms with Crippen LogP contribution in [0.15, 0.2) is 48.2 Å². The zero-order chi connectivity index (χ0) is 13.6. The summed E-state index contributed by atoms with van der Waals surface area (Å²) in [5, 5.41) is 0. The molecule has 0 radical (unpaired) electrons. The Morgan fingerprint density at radius 2 is 1.74 bits per heavy atom. The van der Waals surface area contributed by atoms with Crippen molar-refractivity contribution in [3.05, 3.63) is 59.3 Å². The van der Waals surface area contributed by atoms with Crippen LogP contribution in [0, 0.1) is 0 Å². The molecule has 1 aromatic carbocycles. The van der Waals surface area contributed by atoms with Crippen LogP contribution < -0.4 is 0 Å². The van der Waals surface area contributed by atoms with E-state index in [-0.39, 0.29) is 11.6 Å². The van der Waals surface area contributed by atoms with Crippen LogP contribution in [0.5, 0.6) is 0 Å². The SMILES string of the molecule is CC1=CC(=O)c2cn(C)c(-c3ccccc3)c2C1=O. The maximum Gasteiger partial charge on any atom is 0.191 e. The summed E-state index contributed by atoms with van der Waals surface area (Å²) in [6.45, 7) is 1.69. The summed E-state index contributed by atoms with van der Waals surface area (Å²) in [7, 11) is 1.86. The normalized spacial score (nSPS) is 14.3. The molecule has 3 nitrogen and oxygen atoms in total. The summed E-state index contributed by atoms with van der Waals surface area (Å²) >= 11 is 0. The van der Waals surface area contributed by atoms with E-state index in [2.05, 4.69) is 0 Å². The van der Waals surface area contributed by atoms with Crippen LogP contribution in [-0.4, -0.2) is 16.1 Å². The topological polar surface area (TPSA) is 39.1 Å². The lowest BCUT2D eigenvalue weighted by Crippen LogP contribution is -2.14. The van der Waals surface area contributed by atoms with Crippen molar-refractivity contribution in [1.82, 2.24) is 4.57 Å². The second-order valence-corrected chi connectivity index (χ2v) is 4.76. The smallest absolute Gasteiger partial charge is 0.191 e. The number of Topliss-reactive ketones (excluding diaryl/α,β-unsaturated/α-hetero) is 1. The Balaban J connectivity index is 2.31. The molecule has 94 valence electrons. The first kappa shape index (κ1) is 11.7. The summed E-state index contributed by atoms with van der Waals surface area (Å²) in [6.07, 6.45) is 3.15. The second-order valence-electron chi connectivity index (χ2n) is 4.76. The van der Waals surface area contributed by atoms with Crippen molar-refractivity contribution >= 4 is 11.6 Å². The third-order valence-electron chi connectivity index (χ3n) is 3.43. The number of ketones is 2. The lowest BCUT2D eigenvalue weighted by Gasteiger charge is -2.11. The number of hydrogen-bond donors (Lipinski definition) is 0. The Labute approximate surface area is 111 Å². The molecule has 0 atom stereocenters. The number of carbonyl (C=O) groups is 2. The molecule has 3 heteroatoms. The minimum atomic E-state index is -0.0927. The van der Waals surface area contributed by atoms with Crippen LogP contribution in [0.3, 0.4) is 0 Å². The third-order valence-corrected chi connectivity index (χ3v) is 3.43. The molecule has 0 aliphatic heterocycles. The van der Waals surface area contributed by atoms with Crippen LogP contribution in [0.25, 0.3) is 11.3 Å². The molecule has 0 bridgehead atoms. The van der Waals surface area contributed by atoms with E-state index in [1.165, 1.54) is 6.08 Å². The van der Waals surface area contributed by atoms with Gasteiger partial charge in [0.25, 0.3) is 0 Å².